The van der Waals surface area contributed by atoms with Gasteiger partial charge in [0.2, 0.25) is 0 Å². The van der Waals surface area contributed by atoms with E-state index in [1.54, 1.807) is 12.1 Å². The lowest BCUT2D eigenvalue weighted by atomic mass is 9.63. The zero-order chi connectivity index (χ0) is 15.8. The van der Waals surface area contributed by atoms with Crippen molar-refractivity contribution in [3.05, 3.63) is 28.2 Å². The molecule has 0 unspecified atom stereocenters. The Bertz CT molecular complexity index is 536. The van der Waals surface area contributed by atoms with E-state index < -0.39 is 5.97 Å². The molecule has 0 amide bonds. The van der Waals surface area contributed by atoms with E-state index in [9.17, 15) is 4.79 Å². The van der Waals surface area contributed by atoms with Gasteiger partial charge in [-0.25, -0.2) is 4.79 Å². The quantitative estimate of drug-likeness (QED) is 0.788. The second kappa shape index (κ2) is 5.64. The van der Waals surface area contributed by atoms with Crippen LogP contribution in [-0.4, -0.2) is 17.1 Å². The maximum absolute atomic E-state index is 11.0. The van der Waals surface area contributed by atoms with Crippen LogP contribution in [0.2, 0.25) is 0 Å². The predicted molar refractivity (Wildman–Crippen MR) is 89.9 cm³/mol. The van der Waals surface area contributed by atoms with Gasteiger partial charge in [0, 0.05) is 16.2 Å². The predicted octanol–water partition coefficient (Wildman–Crippen LogP) is 5.16. The first-order valence-electron chi connectivity index (χ1n) is 7.37. The van der Waals surface area contributed by atoms with Crippen molar-refractivity contribution in [2.75, 3.05) is 5.32 Å². The summed E-state index contributed by atoms with van der Waals surface area (Å²) in [5.74, 6) is -0.901. The molecule has 116 valence electrons. The van der Waals surface area contributed by atoms with Gasteiger partial charge < -0.3 is 10.4 Å². The van der Waals surface area contributed by atoms with Crippen LogP contribution in [0.5, 0.6) is 0 Å². The summed E-state index contributed by atoms with van der Waals surface area (Å²) in [4.78, 5) is 11.0. The molecule has 4 heteroatoms. The molecule has 1 aromatic rings. The summed E-state index contributed by atoms with van der Waals surface area (Å²) >= 11 is 3.47. The van der Waals surface area contributed by atoms with Crippen LogP contribution in [0.25, 0.3) is 0 Å². The normalized spacial score (nSPS) is 21.0. The SMILES string of the molecule is CC1(C)CC(Nc2ccc(C(=O)O)cc2Br)CC(C)(C)C1. The smallest absolute Gasteiger partial charge is 0.335 e. The molecule has 0 heterocycles. The molecule has 0 spiro atoms. The van der Waals surface area contributed by atoms with E-state index in [-0.39, 0.29) is 0 Å². The monoisotopic (exact) mass is 353 g/mol. The number of carboxylic acids is 1. The number of carboxylic acid groups (broad SMARTS) is 1. The Morgan fingerprint density at radius 2 is 1.81 bits per heavy atom. The number of nitrogens with one attached hydrogen (secondary N) is 1. The molecule has 0 radical (unpaired) electrons. The number of halogens is 1. The highest BCUT2D eigenvalue weighted by Crippen LogP contribution is 2.46. The summed E-state index contributed by atoms with van der Waals surface area (Å²) in [7, 11) is 0. The molecule has 1 aromatic carbocycles. The van der Waals surface area contributed by atoms with E-state index in [1.165, 1.54) is 6.42 Å². The van der Waals surface area contributed by atoms with Crippen molar-refractivity contribution < 1.29 is 9.90 Å². The molecule has 0 atom stereocenters. The minimum absolute atomic E-state index is 0.303. The fourth-order valence-electron chi connectivity index (χ4n) is 3.93. The summed E-state index contributed by atoms with van der Waals surface area (Å²) in [5, 5.41) is 12.6. The van der Waals surface area contributed by atoms with E-state index in [0.717, 1.165) is 23.0 Å². The molecule has 0 bridgehead atoms. The first kappa shape index (κ1) is 16.3. The Morgan fingerprint density at radius 1 is 1.24 bits per heavy atom. The average Bonchev–Trinajstić information content (AvgIpc) is 2.27. The van der Waals surface area contributed by atoms with Gasteiger partial charge in [-0.1, -0.05) is 27.7 Å². The number of anilines is 1. The lowest BCUT2D eigenvalue weighted by Gasteiger charge is -2.45. The lowest BCUT2D eigenvalue weighted by molar-refractivity contribution is 0.0697. The minimum Gasteiger partial charge on any atom is -0.478 e. The molecule has 1 aliphatic carbocycles. The number of carbonyl (C=O) groups is 1. The Labute approximate surface area is 135 Å². The zero-order valence-electron chi connectivity index (χ0n) is 13.2. The van der Waals surface area contributed by atoms with Crippen LogP contribution in [0.4, 0.5) is 5.69 Å². The topological polar surface area (TPSA) is 49.3 Å². The van der Waals surface area contributed by atoms with Crippen LogP contribution in [0.1, 0.15) is 57.3 Å². The summed E-state index contributed by atoms with van der Waals surface area (Å²) < 4.78 is 0.809. The molecule has 2 N–H and O–H groups in total. The van der Waals surface area contributed by atoms with Crippen LogP contribution in [-0.2, 0) is 0 Å². The standard InChI is InChI=1S/C17H24BrNO2/c1-16(2)8-12(9-17(3,4)10-16)19-14-6-5-11(15(20)21)7-13(14)18/h5-7,12,19H,8-10H2,1-4H3,(H,20,21). The summed E-state index contributed by atoms with van der Waals surface area (Å²) in [6.45, 7) is 9.30. The van der Waals surface area contributed by atoms with Gasteiger partial charge in [-0.2, -0.15) is 0 Å². The molecular weight excluding hydrogens is 330 g/mol. The van der Waals surface area contributed by atoms with Crippen LogP contribution < -0.4 is 5.32 Å². The van der Waals surface area contributed by atoms with Crippen molar-refractivity contribution in [1.29, 1.82) is 0 Å². The minimum atomic E-state index is -0.901. The fraction of sp³-hybridized carbons (Fsp3) is 0.588. The van der Waals surface area contributed by atoms with Gasteiger partial charge in [0.15, 0.2) is 0 Å². The molecule has 0 aromatic heterocycles. The van der Waals surface area contributed by atoms with Crippen molar-refractivity contribution in [2.45, 2.75) is 53.0 Å². The van der Waals surface area contributed by atoms with Crippen LogP contribution in [0, 0.1) is 10.8 Å². The van der Waals surface area contributed by atoms with Gasteiger partial charge in [-0.05, 0) is 64.2 Å². The van der Waals surface area contributed by atoms with E-state index in [0.29, 0.717) is 22.4 Å². The third kappa shape index (κ3) is 4.22. The van der Waals surface area contributed by atoms with Gasteiger partial charge in [-0.15, -0.1) is 0 Å². The number of hydrogen-bond acceptors (Lipinski definition) is 2. The molecule has 21 heavy (non-hydrogen) atoms. The molecule has 1 saturated carbocycles. The van der Waals surface area contributed by atoms with E-state index in [1.807, 2.05) is 6.07 Å². The molecule has 1 aliphatic rings. The zero-order valence-corrected chi connectivity index (χ0v) is 14.8. The highest BCUT2D eigenvalue weighted by atomic mass is 79.9. The maximum atomic E-state index is 11.0. The Hall–Kier alpha value is -1.03. The van der Waals surface area contributed by atoms with Gasteiger partial charge >= 0.3 is 5.97 Å². The summed E-state index contributed by atoms with van der Waals surface area (Å²) in [5.41, 5.74) is 1.93. The fourth-order valence-corrected chi connectivity index (χ4v) is 4.43. The first-order chi connectivity index (χ1) is 9.58. The molecule has 0 saturated heterocycles. The van der Waals surface area contributed by atoms with Gasteiger partial charge in [0.05, 0.1) is 5.56 Å². The molecule has 3 nitrogen and oxygen atoms in total. The van der Waals surface area contributed by atoms with Crippen LogP contribution >= 0.6 is 15.9 Å². The number of benzene rings is 1. The Kier molecular flexibility index (Phi) is 4.39. The highest BCUT2D eigenvalue weighted by Gasteiger charge is 2.38. The Balaban J connectivity index is 2.16. The lowest BCUT2D eigenvalue weighted by Crippen LogP contribution is -2.40. The second-order valence-electron chi connectivity index (χ2n) is 7.75. The molecular formula is C17H24BrNO2. The first-order valence-corrected chi connectivity index (χ1v) is 8.17. The van der Waals surface area contributed by atoms with E-state index >= 15 is 0 Å². The molecule has 0 aliphatic heterocycles. The average molecular weight is 354 g/mol. The molecule has 1 fully saturated rings. The van der Waals surface area contributed by atoms with Crippen molar-refractivity contribution in [1.82, 2.24) is 0 Å². The highest BCUT2D eigenvalue weighted by molar-refractivity contribution is 9.10. The second-order valence-corrected chi connectivity index (χ2v) is 8.61. The summed E-state index contributed by atoms with van der Waals surface area (Å²) in [6, 6.07) is 5.57. The van der Waals surface area contributed by atoms with Gasteiger partial charge in [-0.3, -0.25) is 0 Å². The largest absolute Gasteiger partial charge is 0.478 e. The van der Waals surface area contributed by atoms with E-state index in [4.69, 9.17) is 5.11 Å². The van der Waals surface area contributed by atoms with Crippen LogP contribution in [0.15, 0.2) is 22.7 Å². The number of hydrogen-bond donors (Lipinski definition) is 2. The van der Waals surface area contributed by atoms with E-state index in [2.05, 4.69) is 48.9 Å². The Morgan fingerprint density at radius 3 is 2.29 bits per heavy atom. The summed E-state index contributed by atoms with van der Waals surface area (Å²) in [6.07, 6.45) is 3.49. The van der Waals surface area contributed by atoms with Crippen molar-refractivity contribution >= 4 is 27.6 Å². The maximum Gasteiger partial charge on any atom is 0.335 e. The van der Waals surface area contributed by atoms with Gasteiger partial charge in [0.25, 0.3) is 0 Å². The number of aromatic carboxylic acids is 1. The third-order valence-electron chi connectivity index (χ3n) is 4.13. The van der Waals surface area contributed by atoms with Crippen LogP contribution in [0.3, 0.4) is 0 Å². The van der Waals surface area contributed by atoms with Gasteiger partial charge in [0.1, 0.15) is 0 Å². The van der Waals surface area contributed by atoms with Crippen molar-refractivity contribution in [2.24, 2.45) is 10.8 Å². The third-order valence-corrected chi connectivity index (χ3v) is 4.79. The number of rotatable bonds is 3. The van der Waals surface area contributed by atoms with Crippen molar-refractivity contribution in [3.8, 4) is 0 Å². The van der Waals surface area contributed by atoms with Crippen molar-refractivity contribution in [3.63, 3.8) is 0 Å². The molecule has 2 rings (SSSR count).